The number of alkyl halides is 1. The smallest absolute Gasteiger partial charge is 0.128 e. The fourth-order valence-electron chi connectivity index (χ4n) is 2.04. The van der Waals surface area contributed by atoms with Gasteiger partial charge in [0.15, 0.2) is 0 Å². The molecule has 3 heteroatoms. The zero-order valence-corrected chi connectivity index (χ0v) is 13.8. The molecular formula is C17H12Br2O. The van der Waals surface area contributed by atoms with Gasteiger partial charge in [0.1, 0.15) is 11.5 Å². The van der Waals surface area contributed by atoms with Gasteiger partial charge in [-0.15, -0.1) is 0 Å². The molecule has 0 unspecified atom stereocenters. The molecule has 0 aromatic heterocycles. The molecule has 20 heavy (non-hydrogen) atoms. The number of benzene rings is 3. The largest absolute Gasteiger partial charge is 0.457 e. The topological polar surface area (TPSA) is 9.23 Å². The molecule has 0 aliphatic carbocycles. The lowest BCUT2D eigenvalue weighted by Crippen LogP contribution is -1.85. The average Bonchev–Trinajstić information content (AvgIpc) is 2.48. The predicted molar refractivity (Wildman–Crippen MR) is 90.8 cm³/mol. The van der Waals surface area contributed by atoms with Crippen molar-refractivity contribution >= 4 is 42.6 Å². The number of hydrogen-bond acceptors (Lipinski definition) is 1. The van der Waals surface area contributed by atoms with Crippen LogP contribution in [0.25, 0.3) is 10.8 Å². The second kappa shape index (κ2) is 5.98. The van der Waals surface area contributed by atoms with Crippen molar-refractivity contribution in [1.82, 2.24) is 0 Å². The molecule has 0 spiro atoms. The number of halogens is 2. The highest BCUT2D eigenvalue weighted by Crippen LogP contribution is 2.27. The molecule has 3 aromatic carbocycles. The van der Waals surface area contributed by atoms with Gasteiger partial charge in [0.2, 0.25) is 0 Å². The van der Waals surface area contributed by atoms with Crippen molar-refractivity contribution in [2.45, 2.75) is 5.33 Å². The zero-order valence-electron chi connectivity index (χ0n) is 10.6. The van der Waals surface area contributed by atoms with Crippen molar-refractivity contribution < 1.29 is 4.74 Å². The summed E-state index contributed by atoms with van der Waals surface area (Å²) in [6.07, 6.45) is 0. The second-order valence-electron chi connectivity index (χ2n) is 4.53. The molecule has 3 aromatic rings. The van der Waals surface area contributed by atoms with Gasteiger partial charge < -0.3 is 4.74 Å². The van der Waals surface area contributed by atoms with E-state index in [4.69, 9.17) is 4.74 Å². The molecule has 0 aliphatic rings. The van der Waals surface area contributed by atoms with Crippen molar-refractivity contribution in [3.8, 4) is 11.5 Å². The molecule has 0 bridgehead atoms. The first kappa shape index (κ1) is 13.7. The maximum absolute atomic E-state index is 5.89. The van der Waals surface area contributed by atoms with Crippen LogP contribution in [0.15, 0.2) is 65.1 Å². The van der Waals surface area contributed by atoms with Gasteiger partial charge in [-0.2, -0.15) is 0 Å². The average molecular weight is 392 g/mol. The minimum absolute atomic E-state index is 0.853. The van der Waals surface area contributed by atoms with Gasteiger partial charge in [0.25, 0.3) is 0 Å². The molecule has 0 heterocycles. The molecular weight excluding hydrogens is 380 g/mol. The van der Waals surface area contributed by atoms with E-state index in [1.165, 1.54) is 16.3 Å². The van der Waals surface area contributed by atoms with Gasteiger partial charge >= 0.3 is 0 Å². The predicted octanol–water partition coefficient (Wildman–Crippen LogP) is 6.29. The lowest BCUT2D eigenvalue weighted by Gasteiger charge is -2.07. The molecule has 0 N–H and O–H groups in total. The lowest BCUT2D eigenvalue weighted by atomic mass is 10.1. The van der Waals surface area contributed by atoms with Crippen LogP contribution in [-0.4, -0.2) is 0 Å². The number of rotatable bonds is 3. The number of fused-ring (bicyclic) bond motifs is 1. The molecule has 0 saturated carbocycles. The molecule has 0 radical (unpaired) electrons. The van der Waals surface area contributed by atoms with Gasteiger partial charge in [0.05, 0.1) is 0 Å². The van der Waals surface area contributed by atoms with Gasteiger partial charge in [0, 0.05) is 9.80 Å². The van der Waals surface area contributed by atoms with Crippen molar-refractivity contribution in [3.63, 3.8) is 0 Å². The minimum Gasteiger partial charge on any atom is -0.457 e. The van der Waals surface area contributed by atoms with E-state index in [1.807, 2.05) is 24.3 Å². The molecule has 0 saturated heterocycles. The molecule has 0 atom stereocenters. The van der Waals surface area contributed by atoms with Crippen LogP contribution in [0.1, 0.15) is 5.56 Å². The zero-order chi connectivity index (χ0) is 13.9. The fraction of sp³-hybridized carbons (Fsp3) is 0.0588. The first-order valence-corrected chi connectivity index (χ1v) is 8.18. The lowest BCUT2D eigenvalue weighted by molar-refractivity contribution is 0.483. The molecule has 1 nitrogen and oxygen atoms in total. The molecule has 0 amide bonds. The van der Waals surface area contributed by atoms with Crippen molar-refractivity contribution in [2.24, 2.45) is 0 Å². The van der Waals surface area contributed by atoms with Crippen LogP contribution in [0.4, 0.5) is 0 Å². The van der Waals surface area contributed by atoms with Gasteiger partial charge in [-0.05, 0) is 52.7 Å². The van der Waals surface area contributed by atoms with Gasteiger partial charge in [-0.1, -0.05) is 56.1 Å². The van der Waals surface area contributed by atoms with Crippen LogP contribution < -0.4 is 4.74 Å². The van der Waals surface area contributed by atoms with Crippen LogP contribution >= 0.6 is 31.9 Å². The number of ether oxygens (including phenoxy) is 1. The van der Waals surface area contributed by atoms with E-state index in [0.717, 1.165) is 21.3 Å². The van der Waals surface area contributed by atoms with E-state index in [2.05, 4.69) is 68.3 Å². The SMILES string of the molecule is BrCc1ccc(Oc2ccc3cc(Br)ccc3c2)cc1. The summed E-state index contributed by atoms with van der Waals surface area (Å²) < 4.78 is 6.98. The van der Waals surface area contributed by atoms with E-state index in [-0.39, 0.29) is 0 Å². The van der Waals surface area contributed by atoms with Crippen molar-refractivity contribution in [3.05, 3.63) is 70.7 Å². The van der Waals surface area contributed by atoms with E-state index in [1.54, 1.807) is 0 Å². The second-order valence-corrected chi connectivity index (χ2v) is 6.01. The Kier molecular flexibility index (Phi) is 4.08. The summed E-state index contributed by atoms with van der Waals surface area (Å²) in [5.41, 5.74) is 1.24. The summed E-state index contributed by atoms with van der Waals surface area (Å²) >= 11 is 6.92. The first-order valence-electron chi connectivity index (χ1n) is 6.27. The third-order valence-electron chi connectivity index (χ3n) is 3.09. The summed E-state index contributed by atoms with van der Waals surface area (Å²) in [6.45, 7) is 0. The quantitative estimate of drug-likeness (QED) is 0.476. The van der Waals surface area contributed by atoms with Crippen molar-refractivity contribution in [2.75, 3.05) is 0 Å². The summed E-state index contributed by atoms with van der Waals surface area (Å²) in [7, 11) is 0. The molecule has 0 fully saturated rings. The van der Waals surface area contributed by atoms with E-state index >= 15 is 0 Å². The Morgan fingerprint density at radius 2 is 1.40 bits per heavy atom. The molecule has 3 rings (SSSR count). The minimum atomic E-state index is 0.853. The fourth-order valence-corrected chi connectivity index (χ4v) is 2.79. The van der Waals surface area contributed by atoms with Crippen LogP contribution in [0.5, 0.6) is 11.5 Å². The summed E-state index contributed by atoms with van der Waals surface area (Å²) in [6, 6.07) is 20.4. The third-order valence-corrected chi connectivity index (χ3v) is 4.23. The van der Waals surface area contributed by atoms with Crippen LogP contribution in [-0.2, 0) is 5.33 Å². The summed E-state index contributed by atoms with van der Waals surface area (Å²) in [5, 5.41) is 3.22. The Balaban J connectivity index is 1.88. The normalized spacial score (nSPS) is 10.7. The van der Waals surface area contributed by atoms with Crippen LogP contribution in [0.3, 0.4) is 0 Å². The van der Waals surface area contributed by atoms with E-state index in [9.17, 15) is 0 Å². The first-order chi connectivity index (χ1) is 9.74. The Morgan fingerprint density at radius 3 is 2.15 bits per heavy atom. The van der Waals surface area contributed by atoms with Crippen molar-refractivity contribution in [1.29, 1.82) is 0 Å². The molecule has 100 valence electrons. The van der Waals surface area contributed by atoms with Crippen LogP contribution in [0.2, 0.25) is 0 Å². The van der Waals surface area contributed by atoms with Gasteiger partial charge in [-0.25, -0.2) is 0 Å². The highest BCUT2D eigenvalue weighted by molar-refractivity contribution is 9.10. The standard InChI is InChI=1S/C17H12Br2O/c18-11-12-1-6-16(7-2-12)20-17-8-4-13-9-15(19)5-3-14(13)10-17/h1-10H,11H2. The highest BCUT2D eigenvalue weighted by Gasteiger charge is 2.00. The maximum Gasteiger partial charge on any atom is 0.128 e. The summed E-state index contributed by atoms with van der Waals surface area (Å²) in [5.74, 6) is 1.71. The van der Waals surface area contributed by atoms with Gasteiger partial charge in [-0.3, -0.25) is 0 Å². The Labute approximate surface area is 134 Å². The van der Waals surface area contributed by atoms with E-state index < -0.39 is 0 Å². The molecule has 0 aliphatic heterocycles. The Bertz CT molecular complexity index is 736. The monoisotopic (exact) mass is 390 g/mol. The third kappa shape index (κ3) is 3.05. The number of hydrogen-bond donors (Lipinski definition) is 0. The maximum atomic E-state index is 5.89. The van der Waals surface area contributed by atoms with E-state index in [0.29, 0.717) is 0 Å². The summed E-state index contributed by atoms with van der Waals surface area (Å²) in [4.78, 5) is 0. The van der Waals surface area contributed by atoms with Crippen LogP contribution in [0, 0.1) is 0 Å². The Hall–Kier alpha value is -1.32. The highest BCUT2D eigenvalue weighted by atomic mass is 79.9. The Morgan fingerprint density at radius 1 is 0.750 bits per heavy atom.